The average Bonchev–Trinajstić information content (AvgIpc) is 2.49. The lowest BCUT2D eigenvalue weighted by atomic mass is 9.78. The van der Waals surface area contributed by atoms with Crippen LogP contribution in [0.5, 0.6) is 0 Å². The van der Waals surface area contributed by atoms with Crippen molar-refractivity contribution in [2.75, 3.05) is 19.7 Å². The monoisotopic (exact) mass is 279 g/mol. The summed E-state index contributed by atoms with van der Waals surface area (Å²) in [6.07, 6.45) is 5.49. The van der Waals surface area contributed by atoms with Crippen molar-refractivity contribution in [3.05, 3.63) is 28.4 Å². The van der Waals surface area contributed by atoms with Crippen molar-refractivity contribution in [3.63, 3.8) is 0 Å². The summed E-state index contributed by atoms with van der Waals surface area (Å²) in [6.45, 7) is 3.40. The zero-order valence-corrected chi connectivity index (χ0v) is 11.8. The molecule has 1 unspecified atom stereocenters. The van der Waals surface area contributed by atoms with E-state index in [9.17, 15) is 14.7 Å². The SMILES string of the molecule is CCC1(CO)CCCN(C(=O)Cc2cnc[nH]c2=O)C1. The Labute approximate surface area is 117 Å². The lowest BCUT2D eigenvalue weighted by molar-refractivity contribution is -0.134. The van der Waals surface area contributed by atoms with Crippen LogP contribution in [0.3, 0.4) is 0 Å². The van der Waals surface area contributed by atoms with Crippen LogP contribution in [0.1, 0.15) is 31.7 Å². The Hall–Kier alpha value is -1.69. The van der Waals surface area contributed by atoms with Crippen molar-refractivity contribution in [2.45, 2.75) is 32.6 Å². The Balaban J connectivity index is 2.06. The van der Waals surface area contributed by atoms with E-state index in [4.69, 9.17) is 0 Å². The molecule has 0 bridgehead atoms. The van der Waals surface area contributed by atoms with E-state index in [-0.39, 0.29) is 29.9 Å². The van der Waals surface area contributed by atoms with E-state index < -0.39 is 0 Å². The van der Waals surface area contributed by atoms with Crippen molar-refractivity contribution < 1.29 is 9.90 Å². The third-order valence-corrected chi connectivity index (χ3v) is 4.23. The van der Waals surface area contributed by atoms with Gasteiger partial charge in [0.15, 0.2) is 0 Å². The molecule has 0 aromatic carbocycles. The normalized spacial score (nSPS) is 22.8. The summed E-state index contributed by atoms with van der Waals surface area (Å²) in [5.41, 5.74) is -0.0710. The van der Waals surface area contributed by atoms with Crippen LogP contribution >= 0.6 is 0 Å². The summed E-state index contributed by atoms with van der Waals surface area (Å²) in [5, 5.41) is 9.57. The van der Waals surface area contributed by atoms with E-state index in [1.54, 1.807) is 4.90 Å². The lowest BCUT2D eigenvalue weighted by Gasteiger charge is -2.41. The molecular weight excluding hydrogens is 258 g/mol. The van der Waals surface area contributed by atoms with E-state index >= 15 is 0 Å². The van der Waals surface area contributed by atoms with Crippen LogP contribution in [0.25, 0.3) is 0 Å². The van der Waals surface area contributed by atoms with E-state index in [0.717, 1.165) is 19.3 Å². The molecule has 2 heterocycles. The Morgan fingerprint density at radius 1 is 1.60 bits per heavy atom. The number of hydrogen-bond acceptors (Lipinski definition) is 4. The second kappa shape index (κ2) is 6.17. The predicted octanol–water partition coefficient (Wildman–Crippen LogP) is 0.324. The molecule has 110 valence electrons. The number of amides is 1. The molecule has 6 heteroatoms. The van der Waals surface area contributed by atoms with E-state index in [0.29, 0.717) is 18.7 Å². The van der Waals surface area contributed by atoms with Crippen molar-refractivity contribution in [1.29, 1.82) is 0 Å². The maximum absolute atomic E-state index is 12.3. The molecular formula is C14H21N3O3. The number of hydrogen-bond donors (Lipinski definition) is 2. The molecule has 2 rings (SSSR count). The van der Waals surface area contributed by atoms with Gasteiger partial charge in [0, 0.05) is 30.3 Å². The van der Waals surface area contributed by atoms with Gasteiger partial charge in [-0.15, -0.1) is 0 Å². The summed E-state index contributed by atoms with van der Waals surface area (Å²) >= 11 is 0. The first kappa shape index (κ1) is 14.7. The number of nitrogens with one attached hydrogen (secondary N) is 1. The molecule has 1 amide bonds. The molecule has 1 atom stereocenters. The number of aliphatic hydroxyl groups is 1. The minimum Gasteiger partial charge on any atom is -0.396 e. The number of aromatic amines is 1. The number of rotatable bonds is 4. The first-order valence-corrected chi connectivity index (χ1v) is 7.00. The number of nitrogens with zero attached hydrogens (tertiary/aromatic N) is 2. The van der Waals surface area contributed by atoms with Crippen LogP contribution in [0, 0.1) is 5.41 Å². The van der Waals surface area contributed by atoms with Gasteiger partial charge in [-0.25, -0.2) is 4.98 Å². The summed E-state index contributed by atoms with van der Waals surface area (Å²) in [7, 11) is 0. The fourth-order valence-corrected chi connectivity index (χ4v) is 2.73. The van der Waals surface area contributed by atoms with Gasteiger partial charge >= 0.3 is 0 Å². The predicted molar refractivity (Wildman–Crippen MR) is 74.2 cm³/mol. The Bertz CT molecular complexity index is 522. The standard InChI is InChI=1S/C14H21N3O3/c1-2-14(9-18)4-3-5-17(8-14)12(19)6-11-7-15-10-16-13(11)20/h7,10,18H,2-6,8-9H2,1H3,(H,15,16,20). The number of H-pyrrole nitrogens is 1. The lowest BCUT2D eigenvalue weighted by Crippen LogP contribution is -2.48. The summed E-state index contributed by atoms with van der Waals surface area (Å²) < 4.78 is 0. The van der Waals surface area contributed by atoms with Crippen LogP contribution in [-0.4, -0.2) is 45.6 Å². The van der Waals surface area contributed by atoms with Crippen LogP contribution < -0.4 is 5.56 Å². The third-order valence-electron chi connectivity index (χ3n) is 4.23. The number of likely N-dealkylation sites (tertiary alicyclic amines) is 1. The molecule has 2 N–H and O–H groups in total. The molecule has 0 spiro atoms. The van der Waals surface area contributed by atoms with E-state index in [1.807, 2.05) is 6.92 Å². The largest absolute Gasteiger partial charge is 0.396 e. The van der Waals surface area contributed by atoms with Gasteiger partial charge in [-0.2, -0.15) is 0 Å². The average molecular weight is 279 g/mol. The summed E-state index contributed by atoms with van der Waals surface area (Å²) in [5.74, 6) is -0.0746. The fraction of sp³-hybridized carbons (Fsp3) is 0.643. The van der Waals surface area contributed by atoms with Crippen molar-refractivity contribution in [3.8, 4) is 0 Å². The maximum atomic E-state index is 12.3. The highest BCUT2D eigenvalue weighted by molar-refractivity contribution is 5.78. The van der Waals surface area contributed by atoms with Crippen molar-refractivity contribution in [1.82, 2.24) is 14.9 Å². The highest BCUT2D eigenvalue weighted by atomic mass is 16.3. The first-order valence-electron chi connectivity index (χ1n) is 7.00. The fourth-order valence-electron chi connectivity index (χ4n) is 2.73. The van der Waals surface area contributed by atoms with Gasteiger partial charge in [0.25, 0.3) is 5.56 Å². The quantitative estimate of drug-likeness (QED) is 0.831. The highest BCUT2D eigenvalue weighted by Gasteiger charge is 2.35. The molecule has 1 aliphatic heterocycles. The zero-order valence-electron chi connectivity index (χ0n) is 11.8. The minimum atomic E-state index is -0.269. The molecule has 1 aromatic heterocycles. The Morgan fingerprint density at radius 3 is 3.05 bits per heavy atom. The van der Waals surface area contributed by atoms with Crippen LogP contribution in [0.15, 0.2) is 17.3 Å². The molecule has 1 fully saturated rings. The van der Waals surface area contributed by atoms with Crippen molar-refractivity contribution in [2.24, 2.45) is 5.41 Å². The number of aliphatic hydroxyl groups excluding tert-OH is 1. The van der Waals surface area contributed by atoms with Crippen LogP contribution in [-0.2, 0) is 11.2 Å². The van der Waals surface area contributed by atoms with Crippen LogP contribution in [0.2, 0.25) is 0 Å². The molecule has 0 saturated carbocycles. The molecule has 1 aromatic rings. The van der Waals surface area contributed by atoms with Gasteiger partial charge in [0.05, 0.1) is 19.4 Å². The highest BCUT2D eigenvalue weighted by Crippen LogP contribution is 2.32. The molecule has 1 saturated heterocycles. The molecule has 0 radical (unpaired) electrons. The van der Waals surface area contributed by atoms with E-state index in [2.05, 4.69) is 9.97 Å². The smallest absolute Gasteiger partial charge is 0.254 e. The zero-order chi connectivity index (χ0) is 14.6. The molecule has 0 aliphatic carbocycles. The molecule has 20 heavy (non-hydrogen) atoms. The number of carbonyl (C=O) groups is 1. The summed E-state index contributed by atoms with van der Waals surface area (Å²) in [4.78, 5) is 31.9. The maximum Gasteiger partial charge on any atom is 0.254 e. The van der Waals surface area contributed by atoms with Gasteiger partial charge in [0.2, 0.25) is 5.91 Å². The second-order valence-corrected chi connectivity index (χ2v) is 5.51. The Kier molecular flexibility index (Phi) is 4.54. The minimum absolute atomic E-state index is 0.0639. The van der Waals surface area contributed by atoms with Crippen LogP contribution in [0.4, 0.5) is 0 Å². The topological polar surface area (TPSA) is 86.3 Å². The van der Waals surface area contributed by atoms with Gasteiger partial charge in [-0.1, -0.05) is 6.92 Å². The Morgan fingerprint density at radius 2 is 2.40 bits per heavy atom. The number of aromatic nitrogens is 2. The number of piperidine rings is 1. The van der Waals surface area contributed by atoms with Gasteiger partial charge in [-0.3, -0.25) is 9.59 Å². The third kappa shape index (κ3) is 3.07. The van der Waals surface area contributed by atoms with Gasteiger partial charge in [-0.05, 0) is 19.3 Å². The molecule has 6 nitrogen and oxygen atoms in total. The molecule has 1 aliphatic rings. The first-order chi connectivity index (χ1) is 9.60. The number of carbonyl (C=O) groups excluding carboxylic acids is 1. The van der Waals surface area contributed by atoms with Crippen molar-refractivity contribution >= 4 is 5.91 Å². The second-order valence-electron chi connectivity index (χ2n) is 5.51. The van der Waals surface area contributed by atoms with Gasteiger partial charge < -0.3 is 15.0 Å². The summed E-state index contributed by atoms with van der Waals surface area (Å²) in [6, 6.07) is 0. The van der Waals surface area contributed by atoms with E-state index in [1.165, 1.54) is 12.5 Å². The van der Waals surface area contributed by atoms with Gasteiger partial charge in [0.1, 0.15) is 0 Å².